The summed E-state index contributed by atoms with van der Waals surface area (Å²) in [5, 5.41) is 32.2. The van der Waals surface area contributed by atoms with Crippen molar-refractivity contribution in [2.45, 2.75) is 51.0 Å². The summed E-state index contributed by atoms with van der Waals surface area (Å²) in [6.07, 6.45) is 7.92. The highest BCUT2D eigenvalue weighted by Crippen LogP contribution is 2.45. The number of rotatable bonds is 2. The lowest BCUT2D eigenvalue weighted by atomic mass is 9.95. The molecule has 0 unspecified atom stereocenters. The topological polar surface area (TPSA) is 78.8 Å². The Morgan fingerprint density at radius 2 is 1.83 bits per heavy atom. The van der Waals surface area contributed by atoms with Crippen molar-refractivity contribution in [1.29, 1.82) is 0 Å². The number of aryl methyl sites for hydroxylation is 2. The molecule has 5 rings (SSSR count). The van der Waals surface area contributed by atoms with Gasteiger partial charge < -0.3 is 10.4 Å². The Hall–Kier alpha value is -2.11. The fourth-order valence-corrected chi connectivity index (χ4v) is 4.88. The summed E-state index contributed by atoms with van der Waals surface area (Å²) in [7, 11) is 0. The van der Waals surface area contributed by atoms with Crippen LogP contribution in [0.25, 0.3) is 11.0 Å². The average molecular weight is 312 g/mol. The Morgan fingerprint density at radius 3 is 2.52 bits per heavy atom. The third-order valence-electron chi connectivity index (χ3n) is 6.04. The Kier molecular flexibility index (Phi) is 2.72. The van der Waals surface area contributed by atoms with Gasteiger partial charge in [0, 0.05) is 10.9 Å². The number of fused-ring (bicyclic) bond motifs is 4. The number of hydrogen-bond acceptors (Lipinski definition) is 4. The van der Waals surface area contributed by atoms with Crippen LogP contribution in [0.5, 0.6) is 0 Å². The monoisotopic (exact) mass is 312 g/mol. The van der Waals surface area contributed by atoms with E-state index in [0.29, 0.717) is 21.8 Å². The molecule has 3 atom stereocenters. The largest absolute Gasteiger partial charge is 0.739 e. The Balaban J connectivity index is 1.57. The van der Waals surface area contributed by atoms with Gasteiger partial charge in [0.25, 0.3) is 5.52 Å². The number of nitrogens with one attached hydrogen (secondary N) is 1. The van der Waals surface area contributed by atoms with Crippen molar-refractivity contribution in [1.82, 2.24) is 5.10 Å². The molecule has 2 bridgehead atoms. The Bertz CT molecular complexity index is 807. The molecule has 2 aromatic rings. The van der Waals surface area contributed by atoms with Gasteiger partial charge >= 0.3 is 5.95 Å². The molecule has 0 saturated heterocycles. The van der Waals surface area contributed by atoms with Crippen LogP contribution >= 0.6 is 0 Å². The molecule has 120 valence electrons. The number of nitrogens with zero attached hydrogens (tertiary/aromatic N) is 3. The van der Waals surface area contributed by atoms with Crippen LogP contribution in [0.4, 0.5) is 5.95 Å². The summed E-state index contributed by atoms with van der Waals surface area (Å²) < 4.78 is 0.814. The lowest BCUT2D eigenvalue weighted by Gasteiger charge is -2.20. The first-order valence-corrected chi connectivity index (χ1v) is 8.64. The molecule has 1 N–H and O–H groups in total. The van der Waals surface area contributed by atoms with E-state index >= 15 is 0 Å². The van der Waals surface area contributed by atoms with Crippen LogP contribution in [0.2, 0.25) is 0 Å². The molecule has 23 heavy (non-hydrogen) atoms. The predicted octanol–water partition coefficient (Wildman–Crippen LogP) is 1.59. The fraction of sp³-hybridized carbons (Fsp3) is 0.588. The van der Waals surface area contributed by atoms with Crippen molar-refractivity contribution >= 4 is 17.0 Å². The van der Waals surface area contributed by atoms with Crippen molar-refractivity contribution in [2.75, 3.05) is 5.32 Å². The lowest BCUT2D eigenvalue weighted by molar-refractivity contribution is -0.672. The minimum absolute atomic E-state index is 0.156. The van der Waals surface area contributed by atoms with E-state index in [-0.39, 0.29) is 12.0 Å². The van der Waals surface area contributed by atoms with E-state index in [1.54, 1.807) is 0 Å². The molecule has 3 aliphatic rings. The molecule has 6 heteroatoms. The summed E-state index contributed by atoms with van der Waals surface area (Å²) in [5.74, 6) is 1.56. The summed E-state index contributed by atoms with van der Waals surface area (Å²) in [6, 6.07) is 4.01. The van der Waals surface area contributed by atoms with Crippen molar-refractivity contribution in [2.24, 2.45) is 11.8 Å². The quantitative estimate of drug-likeness (QED) is 0.674. The average Bonchev–Trinajstić information content (AvgIpc) is 3.26. The van der Waals surface area contributed by atoms with E-state index in [4.69, 9.17) is 0 Å². The molecule has 2 fully saturated rings. The summed E-state index contributed by atoms with van der Waals surface area (Å²) in [5.41, 5.74) is 3.18. The number of hydrogen-bond donors (Lipinski definition) is 1. The second-order valence-corrected chi connectivity index (χ2v) is 7.38. The highest BCUT2D eigenvalue weighted by atomic mass is 16.5. The van der Waals surface area contributed by atoms with E-state index < -0.39 is 0 Å². The molecule has 0 spiro atoms. The first-order valence-electron chi connectivity index (χ1n) is 8.64. The normalized spacial score (nSPS) is 28.4. The summed E-state index contributed by atoms with van der Waals surface area (Å²) >= 11 is 0. The number of benzene rings is 1. The van der Waals surface area contributed by atoms with Crippen LogP contribution in [-0.2, 0) is 12.8 Å². The van der Waals surface area contributed by atoms with E-state index in [0.717, 1.165) is 36.3 Å². The second-order valence-electron chi connectivity index (χ2n) is 7.38. The van der Waals surface area contributed by atoms with Crippen LogP contribution < -0.4 is 14.9 Å². The molecule has 6 nitrogen and oxygen atoms in total. The van der Waals surface area contributed by atoms with Gasteiger partial charge in [-0.25, -0.2) is 4.73 Å². The van der Waals surface area contributed by atoms with E-state index in [2.05, 4.69) is 10.4 Å². The molecular weight excluding hydrogens is 292 g/mol. The highest BCUT2D eigenvalue weighted by molar-refractivity contribution is 5.71. The van der Waals surface area contributed by atoms with E-state index in [1.165, 1.54) is 30.4 Å². The molecule has 1 aromatic carbocycles. The van der Waals surface area contributed by atoms with E-state index in [9.17, 15) is 10.4 Å². The van der Waals surface area contributed by atoms with Crippen molar-refractivity contribution in [3.05, 3.63) is 33.7 Å². The van der Waals surface area contributed by atoms with Gasteiger partial charge in [0.2, 0.25) is 5.10 Å². The zero-order chi connectivity index (χ0) is 15.6. The van der Waals surface area contributed by atoms with Gasteiger partial charge in [-0.2, -0.15) is 0 Å². The van der Waals surface area contributed by atoms with Gasteiger partial charge in [0.15, 0.2) is 5.52 Å². The van der Waals surface area contributed by atoms with E-state index in [1.807, 2.05) is 12.1 Å². The number of aromatic nitrogens is 3. The van der Waals surface area contributed by atoms with Gasteiger partial charge in [0.1, 0.15) is 0 Å². The number of anilines is 1. The zero-order valence-corrected chi connectivity index (χ0v) is 13.0. The molecule has 2 saturated carbocycles. The van der Waals surface area contributed by atoms with Gasteiger partial charge in [0.05, 0.1) is 6.04 Å². The minimum Gasteiger partial charge on any atom is -0.739 e. The zero-order valence-electron chi connectivity index (χ0n) is 13.0. The van der Waals surface area contributed by atoms with Gasteiger partial charge in [-0.1, -0.05) is 0 Å². The molecule has 3 aliphatic carbocycles. The van der Waals surface area contributed by atoms with Gasteiger partial charge in [-0.3, -0.25) is 5.32 Å². The molecule has 1 heterocycles. The maximum Gasteiger partial charge on any atom is 0.461 e. The molecule has 0 amide bonds. The van der Waals surface area contributed by atoms with Gasteiger partial charge in [-0.05, 0) is 74.0 Å². The third-order valence-corrected chi connectivity index (χ3v) is 6.04. The molecule has 0 aliphatic heterocycles. The second kappa shape index (κ2) is 4.69. The standard InChI is InChI=1S/C17H20N4O2/c22-20-15-8-11-2-1-3-12(11)9-16(15)21(23)19-17(20)18-14-7-10-4-5-13(14)6-10/h8-10,13-14H,1-7H2,(H,18,19)/t10-,13+,14+/m0/s1. The minimum atomic E-state index is 0.156. The fourth-order valence-electron chi connectivity index (χ4n) is 4.88. The van der Waals surface area contributed by atoms with Crippen LogP contribution in [-0.4, -0.2) is 11.1 Å². The van der Waals surface area contributed by atoms with Crippen molar-refractivity contribution < 1.29 is 9.58 Å². The highest BCUT2D eigenvalue weighted by Gasteiger charge is 2.42. The van der Waals surface area contributed by atoms with Crippen LogP contribution in [0.3, 0.4) is 0 Å². The Morgan fingerprint density at radius 1 is 1.04 bits per heavy atom. The third kappa shape index (κ3) is 1.97. The van der Waals surface area contributed by atoms with Crippen LogP contribution in [0, 0.1) is 22.3 Å². The predicted molar refractivity (Wildman–Crippen MR) is 84.5 cm³/mol. The first kappa shape index (κ1) is 13.3. The summed E-state index contributed by atoms with van der Waals surface area (Å²) in [4.78, 5) is 0.609. The molecule has 0 radical (unpaired) electrons. The van der Waals surface area contributed by atoms with Crippen LogP contribution in [0.15, 0.2) is 12.1 Å². The van der Waals surface area contributed by atoms with Crippen molar-refractivity contribution in [3.63, 3.8) is 0 Å². The maximum absolute atomic E-state index is 12.7. The molecular formula is C17H20N4O2. The SMILES string of the molecule is [O-][n+]1nc(N[C@@H]2C[C@H]3CC[C@@H]2C3)[n+]([O-])c2cc3c(cc21)CCC3. The molecule has 1 aromatic heterocycles. The smallest absolute Gasteiger partial charge is 0.461 e. The van der Waals surface area contributed by atoms with Crippen LogP contribution in [0.1, 0.15) is 43.2 Å². The summed E-state index contributed by atoms with van der Waals surface area (Å²) in [6.45, 7) is 0. The first-order chi connectivity index (χ1) is 11.2. The Labute approximate surface area is 134 Å². The lowest BCUT2D eigenvalue weighted by Crippen LogP contribution is -2.46. The van der Waals surface area contributed by atoms with Gasteiger partial charge in [-0.15, -0.1) is 0 Å². The van der Waals surface area contributed by atoms with Crippen molar-refractivity contribution in [3.8, 4) is 0 Å². The maximum atomic E-state index is 12.7.